The van der Waals surface area contributed by atoms with Crippen molar-refractivity contribution < 1.29 is 9.47 Å². The van der Waals surface area contributed by atoms with Crippen LogP contribution in [0.3, 0.4) is 0 Å². The van der Waals surface area contributed by atoms with Gasteiger partial charge in [0, 0.05) is 24.7 Å². The summed E-state index contributed by atoms with van der Waals surface area (Å²) in [5.41, 5.74) is 2.28. The van der Waals surface area contributed by atoms with E-state index in [1.165, 1.54) is 12.0 Å². The first-order valence-electron chi connectivity index (χ1n) is 6.78. The molecule has 1 heterocycles. The summed E-state index contributed by atoms with van der Waals surface area (Å²) in [5.74, 6) is 1.87. The van der Waals surface area contributed by atoms with Gasteiger partial charge in [0.1, 0.15) is 11.5 Å². The number of nitrogens with one attached hydrogen (secondary N) is 1. The molecule has 1 aliphatic rings. The largest absolute Gasteiger partial charge is 0.496 e. The number of aryl methyl sites for hydroxylation is 1. The Hall–Kier alpha value is -1.26. The molecular weight excluding hydrogens is 240 g/mol. The predicted molar refractivity (Wildman–Crippen MR) is 77.0 cm³/mol. The van der Waals surface area contributed by atoms with E-state index in [9.17, 15) is 0 Å². The molecule has 1 aromatic carbocycles. The van der Waals surface area contributed by atoms with E-state index >= 15 is 0 Å². The summed E-state index contributed by atoms with van der Waals surface area (Å²) in [6, 6.07) is 4.75. The maximum atomic E-state index is 5.49. The van der Waals surface area contributed by atoms with Crippen molar-refractivity contribution in [3.05, 3.63) is 23.3 Å². The first kappa shape index (κ1) is 14.2. The van der Waals surface area contributed by atoms with Crippen LogP contribution < -0.4 is 14.8 Å². The molecule has 106 valence electrons. The Kier molecular flexibility index (Phi) is 4.66. The summed E-state index contributed by atoms with van der Waals surface area (Å²) < 4.78 is 10.9. The highest BCUT2D eigenvalue weighted by molar-refractivity contribution is 5.45. The summed E-state index contributed by atoms with van der Waals surface area (Å²) in [5, 5.41) is 3.40. The van der Waals surface area contributed by atoms with E-state index in [2.05, 4.69) is 29.4 Å². The average Bonchev–Trinajstić information content (AvgIpc) is 2.94. The lowest BCUT2D eigenvalue weighted by molar-refractivity contribution is 0.244. The minimum absolute atomic E-state index is 0.608. The fraction of sp³-hybridized carbons (Fsp3) is 0.600. The Balaban J connectivity index is 2.17. The molecule has 0 saturated carbocycles. The van der Waals surface area contributed by atoms with Crippen LogP contribution in [-0.2, 0) is 6.54 Å². The molecule has 1 fully saturated rings. The van der Waals surface area contributed by atoms with E-state index in [-0.39, 0.29) is 0 Å². The molecule has 4 heteroatoms. The van der Waals surface area contributed by atoms with Gasteiger partial charge in [0.05, 0.1) is 14.2 Å². The lowest BCUT2D eigenvalue weighted by Gasteiger charge is -2.24. The van der Waals surface area contributed by atoms with E-state index in [4.69, 9.17) is 9.47 Å². The zero-order valence-corrected chi connectivity index (χ0v) is 12.3. The monoisotopic (exact) mass is 264 g/mol. The molecule has 0 radical (unpaired) electrons. The number of methoxy groups -OCH3 is 2. The van der Waals surface area contributed by atoms with Gasteiger partial charge in [0.15, 0.2) is 0 Å². The highest BCUT2D eigenvalue weighted by Gasteiger charge is 2.20. The third-order valence-electron chi connectivity index (χ3n) is 3.88. The molecule has 4 nitrogen and oxygen atoms in total. The van der Waals surface area contributed by atoms with E-state index in [0.29, 0.717) is 6.04 Å². The first-order chi connectivity index (χ1) is 9.15. The minimum atomic E-state index is 0.608. The molecule has 1 saturated heterocycles. The highest BCUT2D eigenvalue weighted by Crippen LogP contribution is 2.29. The number of benzene rings is 1. The minimum Gasteiger partial charge on any atom is -0.496 e. The number of hydrogen-bond donors (Lipinski definition) is 1. The van der Waals surface area contributed by atoms with Crippen molar-refractivity contribution in [2.24, 2.45) is 0 Å². The number of rotatable bonds is 5. The number of ether oxygens (including phenoxy) is 2. The summed E-state index contributed by atoms with van der Waals surface area (Å²) in [7, 11) is 5.61. The maximum absolute atomic E-state index is 5.49. The van der Waals surface area contributed by atoms with Crippen molar-refractivity contribution in [1.29, 1.82) is 0 Å². The standard InChI is InChI=1S/C15H24N2O2/c1-11-7-15(19-4)12(8-14(11)18-3)10-17(2)13-5-6-16-9-13/h7-8,13,16H,5-6,9-10H2,1-4H3. The normalized spacial score (nSPS) is 18.9. The Bertz CT molecular complexity index is 428. The van der Waals surface area contributed by atoms with Gasteiger partial charge in [-0.2, -0.15) is 0 Å². The number of nitrogens with zero attached hydrogens (tertiary/aromatic N) is 1. The molecule has 1 aliphatic heterocycles. The molecule has 0 aliphatic carbocycles. The van der Waals surface area contributed by atoms with Crippen molar-refractivity contribution in [2.75, 3.05) is 34.4 Å². The second-order valence-electron chi connectivity index (χ2n) is 5.20. The van der Waals surface area contributed by atoms with Crippen LogP contribution in [-0.4, -0.2) is 45.3 Å². The van der Waals surface area contributed by atoms with Gasteiger partial charge in [0.2, 0.25) is 0 Å². The van der Waals surface area contributed by atoms with Crippen molar-refractivity contribution in [3.8, 4) is 11.5 Å². The molecule has 0 aromatic heterocycles. The molecule has 1 aromatic rings. The van der Waals surface area contributed by atoms with Crippen molar-refractivity contribution in [3.63, 3.8) is 0 Å². The van der Waals surface area contributed by atoms with Crippen LogP contribution in [0.2, 0.25) is 0 Å². The predicted octanol–water partition coefficient (Wildman–Crippen LogP) is 1.81. The lowest BCUT2D eigenvalue weighted by atomic mass is 10.1. The zero-order valence-electron chi connectivity index (χ0n) is 12.3. The summed E-state index contributed by atoms with van der Waals surface area (Å²) in [6.07, 6.45) is 1.21. The van der Waals surface area contributed by atoms with Crippen LogP contribution in [0, 0.1) is 6.92 Å². The average molecular weight is 264 g/mol. The van der Waals surface area contributed by atoms with Crippen molar-refractivity contribution in [2.45, 2.75) is 25.9 Å². The zero-order chi connectivity index (χ0) is 13.8. The Morgan fingerprint density at radius 3 is 2.58 bits per heavy atom. The number of hydrogen-bond acceptors (Lipinski definition) is 4. The third-order valence-corrected chi connectivity index (χ3v) is 3.88. The van der Waals surface area contributed by atoms with Crippen LogP contribution in [0.25, 0.3) is 0 Å². The molecule has 19 heavy (non-hydrogen) atoms. The van der Waals surface area contributed by atoms with Crippen molar-refractivity contribution >= 4 is 0 Å². The van der Waals surface area contributed by atoms with Gasteiger partial charge in [-0.25, -0.2) is 0 Å². The van der Waals surface area contributed by atoms with E-state index in [0.717, 1.165) is 36.7 Å². The Morgan fingerprint density at radius 1 is 1.26 bits per heavy atom. The summed E-state index contributed by atoms with van der Waals surface area (Å²) in [4.78, 5) is 2.38. The van der Waals surface area contributed by atoms with Crippen LogP contribution in [0.5, 0.6) is 11.5 Å². The van der Waals surface area contributed by atoms with E-state index < -0.39 is 0 Å². The SMILES string of the molecule is COc1cc(CN(C)C2CCNC2)c(OC)cc1C. The van der Waals surface area contributed by atoms with E-state index in [1.54, 1.807) is 14.2 Å². The Morgan fingerprint density at radius 2 is 2.00 bits per heavy atom. The molecule has 0 spiro atoms. The topological polar surface area (TPSA) is 33.7 Å². The molecule has 1 atom stereocenters. The van der Waals surface area contributed by atoms with Crippen LogP contribution in [0.1, 0.15) is 17.5 Å². The smallest absolute Gasteiger partial charge is 0.123 e. The van der Waals surface area contributed by atoms with Gasteiger partial charge in [-0.3, -0.25) is 4.90 Å². The van der Waals surface area contributed by atoms with Gasteiger partial charge >= 0.3 is 0 Å². The third kappa shape index (κ3) is 3.19. The highest BCUT2D eigenvalue weighted by atomic mass is 16.5. The molecular formula is C15H24N2O2. The molecule has 0 amide bonds. The van der Waals surface area contributed by atoms with E-state index in [1.807, 2.05) is 6.92 Å². The van der Waals surface area contributed by atoms with Gasteiger partial charge in [-0.05, 0) is 44.6 Å². The van der Waals surface area contributed by atoms with Crippen molar-refractivity contribution in [1.82, 2.24) is 10.2 Å². The quantitative estimate of drug-likeness (QED) is 0.879. The van der Waals surface area contributed by atoms with Crippen LogP contribution >= 0.6 is 0 Å². The number of likely N-dealkylation sites (N-methyl/N-ethyl adjacent to an activating group) is 1. The van der Waals surface area contributed by atoms with Gasteiger partial charge in [-0.15, -0.1) is 0 Å². The first-order valence-corrected chi connectivity index (χ1v) is 6.78. The molecule has 1 unspecified atom stereocenters. The fourth-order valence-electron chi connectivity index (χ4n) is 2.65. The molecule has 0 bridgehead atoms. The second-order valence-corrected chi connectivity index (χ2v) is 5.20. The maximum Gasteiger partial charge on any atom is 0.123 e. The van der Waals surface area contributed by atoms with Crippen LogP contribution in [0.4, 0.5) is 0 Å². The fourth-order valence-corrected chi connectivity index (χ4v) is 2.65. The van der Waals surface area contributed by atoms with Gasteiger partial charge in [-0.1, -0.05) is 0 Å². The Labute approximate surface area is 115 Å². The molecule has 1 N–H and O–H groups in total. The van der Waals surface area contributed by atoms with Crippen LogP contribution in [0.15, 0.2) is 12.1 Å². The van der Waals surface area contributed by atoms with Gasteiger partial charge in [0.25, 0.3) is 0 Å². The molecule has 2 rings (SSSR count). The van der Waals surface area contributed by atoms with Gasteiger partial charge < -0.3 is 14.8 Å². The second kappa shape index (κ2) is 6.26. The summed E-state index contributed by atoms with van der Waals surface area (Å²) in [6.45, 7) is 5.10. The lowest BCUT2D eigenvalue weighted by Crippen LogP contribution is -2.33. The summed E-state index contributed by atoms with van der Waals surface area (Å²) >= 11 is 0.